The first-order chi connectivity index (χ1) is 14.9. The highest BCUT2D eigenvalue weighted by molar-refractivity contribution is 5.92. The summed E-state index contributed by atoms with van der Waals surface area (Å²) in [4.78, 5) is 50.3. The molecule has 1 fully saturated rings. The van der Waals surface area contributed by atoms with Gasteiger partial charge in [0, 0.05) is 37.7 Å². The van der Waals surface area contributed by atoms with Crippen molar-refractivity contribution in [2.45, 2.75) is 38.1 Å². The Kier molecular flexibility index (Phi) is 5.88. The molecule has 4 rings (SSSR count). The van der Waals surface area contributed by atoms with Crippen molar-refractivity contribution in [2.24, 2.45) is 5.92 Å². The van der Waals surface area contributed by atoms with Crippen LogP contribution in [0.2, 0.25) is 0 Å². The number of carbonyl (C=O) groups is 3. The molecule has 31 heavy (non-hydrogen) atoms. The van der Waals surface area contributed by atoms with Crippen LogP contribution in [0.15, 0.2) is 47.3 Å². The molecule has 0 radical (unpaired) electrons. The molecule has 2 amide bonds. The smallest absolute Gasteiger partial charge is 0.303 e. The van der Waals surface area contributed by atoms with Gasteiger partial charge in [0.05, 0.1) is 12.8 Å². The van der Waals surface area contributed by atoms with Crippen LogP contribution in [0.3, 0.4) is 0 Å². The van der Waals surface area contributed by atoms with E-state index in [2.05, 4.69) is 5.32 Å². The van der Waals surface area contributed by atoms with Crippen molar-refractivity contribution in [1.82, 2.24) is 9.47 Å². The molecule has 2 N–H and O–H groups in total. The van der Waals surface area contributed by atoms with Crippen LogP contribution in [0, 0.1) is 5.92 Å². The van der Waals surface area contributed by atoms with Crippen molar-refractivity contribution in [3.8, 4) is 0 Å². The maximum Gasteiger partial charge on any atom is 0.303 e. The zero-order valence-corrected chi connectivity index (χ0v) is 17.1. The first-order valence-corrected chi connectivity index (χ1v) is 10.5. The Hall–Kier alpha value is -3.42. The van der Waals surface area contributed by atoms with Crippen molar-refractivity contribution in [2.75, 3.05) is 18.4 Å². The van der Waals surface area contributed by atoms with Crippen LogP contribution in [0.4, 0.5) is 5.69 Å². The van der Waals surface area contributed by atoms with Gasteiger partial charge in [0.25, 0.3) is 5.56 Å². The summed E-state index contributed by atoms with van der Waals surface area (Å²) in [7, 11) is 0. The van der Waals surface area contributed by atoms with Crippen molar-refractivity contribution < 1.29 is 19.5 Å². The van der Waals surface area contributed by atoms with Gasteiger partial charge in [-0.05, 0) is 30.0 Å². The molecule has 0 aliphatic carbocycles. The summed E-state index contributed by atoms with van der Waals surface area (Å²) < 4.78 is 1.72. The van der Waals surface area contributed by atoms with Crippen LogP contribution in [0.25, 0.3) is 0 Å². The standard InChI is InChI=1S/C23H25N3O5/c27-20(11-15-4-2-1-3-5-15)24-18-6-7-19-17-10-16(13-26(19)23(18)31)12-25(14-17)21(28)8-9-22(29)30/h1-7,16-17H,8-14H2,(H,24,27)(H,29,30). The molecule has 2 unspecified atom stereocenters. The van der Waals surface area contributed by atoms with Gasteiger partial charge in [-0.2, -0.15) is 0 Å². The third kappa shape index (κ3) is 4.68. The molecular weight excluding hydrogens is 398 g/mol. The lowest BCUT2D eigenvalue weighted by atomic mass is 9.83. The molecule has 2 aromatic rings. The quantitative estimate of drug-likeness (QED) is 0.737. The summed E-state index contributed by atoms with van der Waals surface area (Å²) in [5, 5.41) is 11.6. The first-order valence-electron chi connectivity index (χ1n) is 10.5. The van der Waals surface area contributed by atoms with Crippen molar-refractivity contribution in [1.29, 1.82) is 0 Å². The predicted molar refractivity (Wildman–Crippen MR) is 114 cm³/mol. The second-order valence-corrected chi connectivity index (χ2v) is 8.29. The Morgan fingerprint density at radius 3 is 2.52 bits per heavy atom. The summed E-state index contributed by atoms with van der Waals surface area (Å²) in [5.41, 5.74) is 1.77. The van der Waals surface area contributed by atoms with E-state index in [1.54, 1.807) is 15.5 Å². The normalized spacial score (nSPS) is 19.4. The summed E-state index contributed by atoms with van der Waals surface area (Å²) in [6.45, 7) is 1.48. The van der Waals surface area contributed by atoms with Gasteiger partial charge in [-0.3, -0.25) is 19.2 Å². The number of aromatic nitrogens is 1. The Balaban J connectivity index is 1.47. The van der Waals surface area contributed by atoms with Crippen LogP contribution in [-0.4, -0.2) is 45.4 Å². The van der Waals surface area contributed by atoms with Crippen LogP contribution in [-0.2, 0) is 27.3 Å². The summed E-state index contributed by atoms with van der Waals surface area (Å²) >= 11 is 0. The monoisotopic (exact) mass is 423 g/mol. The van der Waals surface area contributed by atoms with Gasteiger partial charge in [0.2, 0.25) is 11.8 Å². The minimum absolute atomic E-state index is 0.00599. The van der Waals surface area contributed by atoms with Gasteiger partial charge in [0.15, 0.2) is 0 Å². The van der Waals surface area contributed by atoms with Gasteiger partial charge >= 0.3 is 5.97 Å². The van der Waals surface area contributed by atoms with Crippen LogP contribution in [0.1, 0.15) is 36.4 Å². The van der Waals surface area contributed by atoms with Gasteiger partial charge in [-0.1, -0.05) is 30.3 Å². The van der Waals surface area contributed by atoms with E-state index in [9.17, 15) is 19.2 Å². The summed E-state index contributed by atoms with van der Waals surface area (Å²) in [5.74, 6) is -1.21. The number of fused-ring (bicyclic) bond motifs is 4. The number of aliphatic carboxylic acids is 1. The Morgan fingerprint density at radius 2 is 1.77 bits per heavy atom. The number of hydrogen-bond donors (Lipinski definition) is 2. The van der Waals surface area contributed by atoms with Gasteiger partial charge in [0.1, 0.15) is 5.69 Å². The molecule has 2 atom stereocenters. The Morgan fingerprint density at radius 1 is 1.00 bits per heavy atom. The van der Waals surface area contributed by atoms with Crippen LogP contribution in [0.5, 0.6) is 0 Å². The zero-order valence-electron chi connectivity index (χ0n) is 17.1. The van der Waals surface area contributed by atoms with E-state index in [4.69, 9.17) is 5.11 Å². The van der Waals surface area contributed by atoms with Gasteiger partial charge in [-0.25, -0.2) is 0 Å². The molecule has 2 aliphatic heterocycles. The largest absolute Gasteiger partial charge is 0.481 e. The van der Waals surface area contributed by atoms with Crippen molar-refractivity contribution >= 4 is 23.5 Å². The number of rotatable bonds is 6. The maximum atomic E-state index is 13.0. The maximum absolute atomic E-state index is 13.0. The molecule has 162 valence electrons. The van der Waals surface area contributed by atoms with E-state index < -0.39 is 5.97 Å². The number of carboxylic acid groups (broad SMARTS) is 1. The molecular formula is C23H25N3O5. The zero-order chi connectivity index (χ0) is 22.0. The number of benzene rings is 1. The molecule has 2 bridgehead atoms. The molecule has 8 nitrogen and oxygen atoms in total. The summed E-state index contributed by atoms with van der Waals surface area (Å²) in [6.07, 6.45) is 0.906. The number of carboxylic acids is 1. The molecule has 1 aromatic carbocycles. The van der Waals surface area contributed by atoms with Crippen LogP contribution >= 0.6 is 0 Å². The summed E-state index contributed by atoms with van der Waals surface area (Å²) in [6, 6.07) is 12.8. The molecule has 0 saturated carbocycles. The van der Waals surface area contributed by atoms with E-state index >= 15 is 0 Å². The van der Waals surface area contributed by atoms with E-state index in [1.165, 1.54) is 0 Å². The van der Waals surface area contributed by atoms with E-state index in [0.717, 1.165) is 17.7 Å². The van der Waals surface area contributed by atoms with E-state index in [0.29, 0.717) is 19.6 Å². The molecule has 8 heteroatoms. The fraction of sp³-hybridized carbons (Fsp3) is 0.391. The van der Waals surface area contributed by atoms with E-state index in [1.807, 2.05) is 36.4 Å². The topological polar surface area (TPSA) is 109 Å². The van der Waals surface area contributed by atoms with Gasteiger partial charge in [-0.15, -0.1) is 0 Å². The Labute approximate surface area is 179 Å². The number of anilines is 1. The lowest BCUT2D eigenvalue weighted by molar-refractivity contribution is -0.141. The number of carbonyl (C=O) groups excluding carboxylic acids is 2. The van der Waals surface area contributed by atoms with Crippen molar-refractivity contribution in [3.05, 3.63) is 64.1 Å². The SMILES string of the molecule is O=C(O)CCC(=O)N1CC2CC(C1)c1ccc(NC(=O)Cc3ccccc3)c(=O)n1C2. The molecule has 1 aromatic heterocycles. The molecule has 3 heterocycles. The number of pyridine rings is 1. The molecule has 2 aliphatic rings. The fourth-order valence-corrected chi connectivity index (χ4v) is 4.59. The highest BCUT2D eigenvalue weighted by atomic mass is 16.4. The number of hydrogen-bond acceptors (Lipinski definition) is 4. The minimum Gasteiger partial charge on any atom is -0.481 e. The van der Waals surface area contributed by atoms with Crippen LogP contribution < -0.4 is 10.9 Å². The molecule has 0 spiro atoms. The lowest BCUT2D eigenvalue weighted by Gasteiger charge is -2.43. The molecule has 1 saturated heterocycles. The number of nitrogens with one attached hydrogen (secondary N) is 1. The number of piperidine rings is 1. The number of amides is 2. The average molecular weight is 423 g/mol. The minimum atomic E-state index is -0.982. The third-order valence-electron chi connectivity index (χ3n) is 5.99. The highest BCUT2D eigenvalue weighted by Gasteiger charge is 2.36. The highest BCUT2D eigenvalue weighted by Crippen LogP contribution is 2.35. The predicted octanol–water partition coefficient (Wildman–Crippen LogP) is 1.84. The number of likely N-dealkylation sites (tertiary alicyclic amines) is 1. The average Bonchev–Trinajstić information content (AvgIpc) is 2.75. The third-order valence-corrected chi connectivity index (χ3v) is 5.99. The second-order valence-electron chi connectivity index (χ2n) is 8.29. The number of nitrogens with zero attached hydrogens (tertiary/aromatic N) is 2. The lowest BCUT2D eigenvalue weighted by Crippen LogP contribution is -2.49. The van der Waals surface area contributed by atoms with E-state index in [-0.39, 0.29) is 54.2 Å². The Bertz CT molecular complexity index is 1060. The first kappa shape index (κ1) is 20.8. The fourth-order valence-electron chi connectivity index (χ4n) is 4.59. The second kappa shape index (κ2) is 8.75. The van der Waals surface area contributed by atoms with Crippen molar-refractivity contribution in [3.63, 3.8) is 0 Å². The van der Waals surface area contributed by atoms with Gasteiger partial charge < -0.3 is 19.9 Å².